The fourth-order valence-electron chi connectivity index (χ4n) is 7.02. The Bertz CT molecular complexity index is 2150. The zero-order valence-corrected chi connectivity index (χ0v) is 40.9. The topological polar surface area (TPSA) is 0 Å². The number of hydrogen-bond donors (Lipinski definition) is 0. The van der Waals surface area contributed by atoms with Crippen LogP contribution in [0.25, 0.3) is 0 Å². The first-order valence-corrected chi connectivity index (χ1v) is 31.3. The van der Waals surface area contributed by atoms with Crippen LogP contribution in [0.3, 0.4) is 0 Å². The Morgan fingerprint density at radius 2 is 0.435 bits per heavy atom. The molecule has 9 aromatic rings. The summed E-state index contributed by atoms with van der Waals surface area (Å²) < 4.78 is 0. The Balaban J connectivity index is 0.000000150. The first-order valence-electron chi connectivity index (χ1n) is 20.0. The summed E-state index contributed by atoms with van der Waals surface area (Å²) in [6, 6.07) is 95.9. The molecule has 308 valence electrons. The Hall–Kier alpha value is -4.77. The molecule has 0 N–H and O–H groups in total. The Morgan fingerprint density at radius 1 is 0.290 bits per heavy atom. The average molecular weight is 1070 g/mol. The van der Waals surface area contributed by atoms with Gasteiger partial charge in [0.1, 0.15) is 23.2 Å². The molecule has 0 saturated heterocycles. The maximum atomic E-state index is 8.24. The zero-order valence-electron chi connectivity index (χ0n) is 34.0. The van der Waals surface area contributed by atoms with Gasteiger partial charge in [-0.15, -0.1) is 0 Å². The first-order chi connectivity index (χ1) is 30.7. The van der Waals surface area contributed by atoms with Gasteiger partial charge in [-0.05, 0) is 84.1 Å². The van der Waals surface area contributed by atoms with Gasteiger partial charge in [0.05, 0.1) is 5.82 Å². The molecule has 0 aromatic heterocycles. The van der Waals surface area contributed by atoms with E-state index in [1.165, 1.54) is 47.7 Å². The molecule has 0 saturated carbocycles. The third-order valence-corrected chi connectivity index (χ3v) is 18.4. The van der Waals surface area contributed by atoms with Crippen molar-refractivity contribution >= 4 is 90.1 Å². The molecule has 62 heavy (non-hydrogen) atoms. The molecule has 0 spiro atoms. The van der Waals surface area contributed by atoms with Crippen molar-refractivity contribution in [2.45, 2.75) is 0 Å². The third-order valence-electron chi connectivity index (χ3n) is 9.77. The molecule has 0 aliphatic carbocycles. The van der Waals surface area contributed by atoms with Gasteiger partial charge in [-0.25, -0.2) is 0 Å². The van der Waals surface area contributed by atoms with Crippen molar-refractivity contribution in [3.63, 3.8) is 0 Å². The quantitative estimate of drug-likeness (QED) is 0.120. The van der Waals surface area contributed by atoms with Gasteiger partial charge in [-0.1, -0.05) is 237 Å². The molecule has 9 rings (SSSR count). The molecular formula is C56H47Cl2OsP3. The Labute approximate surface area is 388 Å². The van der Waals surface area contributed by atoms with E-state index in [-0.39, 0.29) is 0 Å². The monoisotopic (exact) mass is 1070 g/mol. The van der Waals surface area contributed by atoms with Gasteiger partial charge in [0, 0.05) is 6.58 Å². The summed E-state index contributed by atoms with van der Waals surface area (Å²) >= 11 is -0.722. The molecule has 0 nitrogen and oxygen atoms in total. The molecule has 9 aromatic carbocycles. The van der Waals surface area contributed by atoms with Crippen molar-refractivity contribution < 1.29 is 15.4 Å². The minimum absolute atomic E-state index is 0.446. The van der Waals surface area contributed by atoms with Crippen LogP contribution in [0.1, 0.15) is 0 Å². The Kier molecular flexibility index (Phi) is 19.6. The molecule has 0 unspecified atom stereocenters. The number of benzene rings is 9. The molecule has 2 radical (unpaired) electrons. The van der Waals surface area contributed by atoms with Gasteiger partial charge < -0.3 is 0 Å². The van der Waals surface area contributed by atoms with Crippen LogP contribution < -0.4 is 47.7 Å². The third kappa shape index (κ3) is 12.9. The minimum Gasteiger partial charge on any atom is -0.0622 e. The van der Waals surface area contributed by atoms with Crippen LogP contribution >= 0.6 is 42.4 Å². The van der Waals surface area contributed by atoms with E-state index in [0.717, 1.165) is 0 Å². The van der Waals surface area contributed by atoms with Crippen molar-refractivity contribution in [1.82, 2.24) is 0 Å². The molecule has 6 heteroatoms. The molecule has 0 bridgehead atoms. The van der Waals surface area contributed by atoms with E-state index in [0.29, 0.717) is 0 Å². The molecule has 0 fully saturated rings. The van der Waals surface area contributed by atoms with Gasteiger partial charge in [0.25, 0.3) is 0 Å². The number of rotatable bonds is 10. The van der Waals surface area contributed by atoms with E-state index in [4.69, 9.17) is 25.9 Å². The van der Waals surface area contributed by atoms with Crippen molar-refractivity contribution in [2.24, 2.45) is 0 Å². The normalized spacial score (nSPS) is 10.6. The van der Waals surface area contributed by atoms with Crippen LogP contribution in [0, 0.1) is 6.58 Å². The molecule has 0 atom stereocenters. The summed E-state index contributed by atoms with van der Waals surface area (Å²) in [5.74, 6) is 1.66. The summed E-state index contributed by atoms with van der Waals surface area (Å²) in [6.45, 7) is 8.24. The van der Waals surface area contributed by atoms with Crippen LogP contribution in [0.15, 0.2) is 279 Å². The van der Waals surface area contributed by atoms with Crippen molar-refractivity contribution in [1.29, 1.82) is 0 Å². The van der Waals surface area contributed by atoms with Crippen LogP contribution in [0.4, 0.5) is 0 Å². The number of hydrogen-bond acceptors (Lipinski definition) is 0. The molecule has 0 heterocycles. The predicted molar refractivity (Wildman–Crippen MR) is 276 cm³/mol. The standard InChI is InChI=1S/C20H16P.2C18H15P.2ClH.Os.H/c1-2-21(18-12-6-3-7-13-18,19-14-8-4-9-15-19)20-16-10-5-11-17-20;2*1-4-10-16(11-5-1)19(17-12-6-2-7-13-17)18-14-8-3-9-15-18;;;;/h2-17H;2*1-15H;2*1H;;/q+1;;;;;+1;/p-2. The van der Waals surface area contributed by atoms with Crippen LogP contribution in [0.2, 0.25) is 0 Å². The summed E-state index contributed by atoms with van der Waals surface area (Å²) in [4.78, 5) is 0. The second kappa shape index (κ2) is 26.0. The van der Waals surface area contributed by atoms with E-state index in [2.05, 4.69) is 255 Å². The van der Waals surface area contributed by atoms with E-state index in [9.17, 15) is 0 Å². The molecule has 0 amide bonds. The van der Waals surface area contributed by atoms with Crippen LogP contribution in [-0.4, -0.2) is 0 Å². The Morgan fingerprint density at radius 3 is 0.581 bits per heavy atom. The van der Waals surface area contributed by atoms with E-state index >= 15 is 0 Å². The van der Waals surface area contributed by atoms with Crippen LogP contribution in [-0.2, 0) is 15.4 Å². The second-order valence-corrected chi connectivity index (χ2v) is 25.2. The summed E-state index contributed by atoms with van der Waals surface area (Å²) in [5, 5.41) is 12.0. The minimum atomic E-state index is -1.99. The SMILES string of the molecule is [C]=C[P+](c1ccccc1)(c1ccccc1)c1ccccc1.[Cl][OsH-][Cl].c1ccc(P(c2ccccc2)c2ccccc2)cc1.c1ccc(P(c2ccccc2)c2ccccc2)cc1. The molecule has 0 aliphatic rings. The van der Waals surface area contributed by atoms with Crippen LogP contribution in [0.5, 0.6) is 0 Å². The van der Waals surface area contributed by atoms with Gasteiger partial charge >= 0.3 is 34.7 Å². The first kappa shape index (κ1) is 46.7. The average Bonchev–Trinajstić information content (AvgIpc) is 3.36. The summed E-state index contributed by atoms with van der Waals surface area (Å²) in [5.41, 5.74) is 0. The smallest absolute Gasteiger partial charge is 0.0134 e. The van der Waals surface area contributed by atoms with E-state index in [1.54, 1.807) is 5.82 Å². The van der Waals surface area contributed by atoms with Gasteiger partial charge in [-0.2, -0.15) is 0 Å². The summed E-state index contributed by atoms with van der Waals surface area (Å²) in [7, 11) is 6.95. The van der Waals surface area contributed by atoms with Crippen molar-refractivity contribution in [3.8, 4) is 0 Å². The zero-order chi connectivity index (χ0) is 43.1. The predicted octanol–water partition coefficient (Wildman–Crippen LogP) is 11.8. The van der Waals surface area contributed by atoms with Gasteiger partial charge in [0.15, 0.2) is 0 Å². The largest absolute Gasteiger partial charge is 0.0622 e. The van der Waals surface area contributed by atoms with Crippen molar-refractivity contribution in [3.05, 3.63) is 285 Å². The summed E-state index contributed by atoms with van der Waals surface area (Å²) in [6.07, 6.45) is 0. The molecule has 0 aliphatic heterocycles. The fourth-order valence-corrected chi connectivity index (χ4v) is 14.9. The van der Waals surface area contributed by atoms with E-state index in [1.807, 2.05) is 18.2 Å². The van der Waals surface area contributed by atoms with Gasteiger partial charge in [0.2, 0.25) is 0 Å². The maximum Gasteiger partial charge on any atom is -0.0134 e. The van der Waals surface area contributed by atoms with E-state index < -0.39 is 38.5 Å². The number of halogens is 2. The fraction of sp³-hybridized carbons (Fsp3) is 0. The molecular weight excluding hydrogens is 1030 g/mol. The van der Waals surface area contributed by atoms with Gasteiger partial charge in [-0.3, -0.25) is 0 Å². The maximum absolute atomic E-state index is 8.24. The second-order valence-electron chi connectivity index (χ2n) is 13.6. The van der Waals surface area contributed by atoms with Crippen molar-refractivity contribution in [2.75, 3.05) is 0 Å².